The lowest BCUT2D eigenvalue weighted by Crippen LogP contribution is -2.48. The van der Waals surface area contributed by atoms with Crippen LogP contribution in [0.3, 0.4) is 0 Å². The second kappa shape index (κ2) is 7.03. The summed E-state index contributed by atoms with van der Waals surface area (Å²) in [6, 6.07) is 6.61. The van der Waals surface area contributed by atoms with Crippen molar-refractivity contribution in [2.75, 3.05) is 26.2 Å². The van der Waals surface area contributed by atoms with Gasteiger partial charge >= 0.3 is 0 Å². The first-order chi connectivity index (χ1) is 11.8. The summed E-state index contributed by atoms with van der Waals surface area (Å²) in [7, 11) is 0. The van der Waals surface area contributed by atoms with Gasteiger partial charge in [0.25, 0.3) is 0 Å². The third-order valence-corrected chi connectivity index (χ3v) is 5.75. The minimum atomic E-state index is 0.265. The number of aryl methyl sites for hydroxylation is 2. The van der Waals surface area contributed by atoms with E-state index in [9.17, 15) is 4.79 Å². The zero-order chi connectivity index (χ0) is 16.4. The zero-order valence-corrected chi connectivity index (χ0v) is 14.7. The molecule has 24 heavy (non-hydrogen) atoms. The van der Waals surface area contributed by atoms with Crippen LogP contribution in [-0.2, 0) is 30.6 Å². The van der Waals surface area contributed by atoms with Gasteiger partial charge in [-0.1, -0.05) is 18.2 Å². The highest BCUT2D eigenvalue weighted by atomic mass is 32.1. The second-order valence-corrected chi connectivity index (χ2v) is 7.49. The molecule has 0 saturated carbocycles. The lowest BCUT2D eigenvalue weighted by atomic mass is 10.0. The van der Waals surface area contributed by atoms with Gasteiger partial charge < -0.3 is 4.90 Å². The van der Waals surface area contributed by atoms with Crippen molar-refractivity contribution in [3.63, 3.8) is 0 Å². The SMILES string of the molecule is O=C(Cc1ccc2c(c1)CCC2)N1CCN(Cc2cscn2)CC1. The lowest BCUT2D eigenvalue weighted by Gasteiger charge is -2.34. The maximum absolute atomic E-state index is 12.6. The monoisotopic (exact) mass is 341 g/mol. The van der Waals surface area contributed by atoms with E-state index in [2.05, 4.69) is 33.5 Å². The van der Waals surface area contributed by atoms with Crippen LogP contribution in [0.1, 0.15) is 28.8 Å². The van der Waals surface area contributed by atoms with Gasteiger partial charge in [0.1, 0.15) is 0 Å². The summed E-state index contributed by atoms with van der Waals surface area (Å²) in [6.07, 6.45) is 4.17. The number of benzene rings is 1. The smallest absolute Gasteiger partial charge is 0.227 e. The summed E-state index contributed by atoms with van der Waals surface area (Å²) >= 11 is 1.64. The highest BCUT2D eigenvalue weighted by molar-refractivity contribution is 7.07. The minimum absolute atomic E-state index is 0.265. The van der Waals surface area contributed by atoms with Gasteiger partial charge in [-0.15, -0.1) is 11.3 Å². The molecule has 1 aromatic carbocycles. The molecule has 0 spiro atoms. The molecule has 0 atom stereocenters. The molecule has 4 nitrogen and oxygen atoms in total. The fourth-order valence-corrected chi connectivity index (χ4v) is 4.27. The van der Waals surface area contributed by atoms with E-state index in [1.54, 1.807) is 11.3 Å². The highest BCUT2D eigenvalue weighted by Gasteiger charge is 2.22. The number of aromatic nitrogens is 1. The third kappa shape index (κ3) is 3.52. The molecule has 1 aliphatic heterocycles. The van der Waals surface area contributed by atoms with Crippen LogP contribution < -0.4 is 0 Å². The van der Waals surface area contributed by atoms with Crippen molar-refractivity contribution < 1.29 is 4.79 Å². The average molecular weight is 341 g/mol. The Morgan fingerprint density at radius 2 is 1.96 bits per heavy atom. The molecule has 2 aliphatic rings. The van der Waals surface area contributed by atoms with Crippen molar-refractivity contribution in [2.24, 2.45) is 0 Å². The topological polar surface area (TPSA) is 36.4 Å². The Balaban J connectivity index is 1.30. The van der Waals surface area contributed by atoms with Gasteiger partial charge in [-0.3, -0.25) is 9.69 Å². The molecular weight excluding hydrogens is 318 g/mol. The number of fused-ring (bicyclic) bond motifs is 1. The normalized spacial score (nSPS) is 17.9. The van der Waals surface area contributed by atoms with Crippen molar-refractivity contribution >= 4 is 17.2 Å². The first kappa shape index (κ1) is 15.8. The van der Waals surface area contributed by atoms with Gasteiger partial charge in [-0.05, 0) is 36.0 Å². The maximum atomic E-state index is 12.6. The maximum Gasteiger partial charge on any atom is 0.227 e. The average Bonchev–Trinajstić information content (AvgIpc) is 3.26. The van der Waals surface area contributed by atoms with E-state index in [1.165, 1.54) is 36.0 Å². The standard InChI is InChI=1S/C19H23N3OS/c23-19(11-15-4-5-16-2-1-3-17(16)10-15)22-8-6-21(7-9-22)12-18-13-24-14-20-18/h4-5,10,13-14H,1-3,6-9,11-12H2. The van der Waals surface area contributed by atoms with E-state index in [0.29, 0.717) is 6.42 Å². The summed E-state index contributed by atoms with van der Waals surface area (Å²) in [6.45, 7) is 4.43. The molecule has 2 aromatic rings. The molecule has 0 N–H and O–H groups in total. The molecule has 4 rings (SSSR count). The van der Waals surface area contributed by atoms with Crippen LogP contribution in [0.25, 0.3) is 0 Å². The molecule has 126 valence electrons. The fraction of sp³-hybridized carbons (Fsp3) is 0.474. The molecule has 1 fully saturated rings. The molecule has 0 radical (unpaired) electrons. The van der Waals surface area contributed by atoms with Crippen molar-refractivity contribution in [3.8, 4) is 0 Å². The Hall–Kier alpha value is -1.72. The Morgan fingerprint density at radius 3 is 2.75 bits per heavy atom. The fourth-order valence-electron chi connectivity index (χ4n) is 3.72. The summed E-state index contributed by atoms with van der Waals surface area (Å²) in [5, 5.41) is 2.10. The quantitative estimate of drug-likeness (QED) is 0.857. The number of nitrogens with zero attached hydrogens (tertiary/aromatic N) is 3. The van der Waals surface area contributed by atoms with Gasteiger partial charge in [-0.25, -0.2) is 4.98 Å². The molecule has 0 bridgehead atoms. The van der Waals surface area contributed by atoms with Crippen molar-refractivity contribution in [1.29, 1.82) is 0 Å². The van der Waals surface area contributed by atoms with Gasteiger partial charge in [0, 0.05) is 38.1 Å². The molecule has 2 heterocycles. The van der Waals surface area contributed by atoms with Crippen LogP contribution in [0.5, 0.6) is 0 Å². The predicted molar refractivity (Wildman–Crippen MR) is 96.1 cm³/mol. The first-order valence-corrected chi connectivity index (χ1v) is 9.70. The number of thiazole rings is 1. The predicted octanol–water partition coefficient (Wildman–Crippen LogP) is 2.52. The van der Waals surface area contributed by atoms with Crippen LogP contribution in [-0.4, -0.2) is 46.9 Å². The van der Waals surface area contributed by atoms with E-state index in [4.69, 9.17) is 0 Å². The molecule has 5 heteroatoms. The number of piperazine rings is 1. The Kier molecular flexibility index (Phi) is 4.63. The molecule has 1 amide bonds. The second-order valence-electron chi connectivity index (χ2n) is 6.77. The van der Waals surface area contributed by atoms with Crippen LogP contribution in [0.2, 0.25) is 0 Å². The summed E-state index contributed by atoms with van der Waals surface area (Å²) in [5.41, 5.74) is 7.12. The number of carbonyl (C=O) groups excluding carboxylic acids is 1. The van der Waals surface area contributed by atoms with Gasteiger partial charge in [-0.2, -0.15) is 0 Å². The van der Waals surface area contributed by atoms with Crippen LogP contribution in [0.4, 0.5) is 0 Å². The third-order valence-electron chi connectivity index (χ3n) is 5.11. The van der Waals surface area contributed by atoms with Crippen molar-refractivity contribution in [3.05, 3.63) is 51.5 Å². The summed E-state index contributed by atoms with van der Waals surface area (Å²) < 4.78 is 0. The highest BCUT2D eigenvalue weighted by Crippen LogP contribution is 2.23. The Morgan fingerprint density at radius 1 is 1.12 bits per heavy atom. The van der Waals surface area contributed by atoms with Crippen LogP contribution in [0.15, 0.2) is 29.1 Å². The Bertz CT molecular complexity index is 705. The number of amides is 1. The van der Waals surface area contributed by atoms with E-state index in [0.717, 1.165) is 38.4 Å². The van der Waals surface area contributed by atoms with E-state index in [-0.39, 0.29) is 5.91 Å². The first-order valence-electron chi connectivity index (χ1n) is 8.76. The minimum Gasteiger partial charge on any atom is -0.340 e. The van der Waals surface area contributed by atoms with Crippen molar-refractivity contribution in [2.45, 2.75) is 32.2 Å². The summed E-state index contributed by atoms with van der Waals surface area (Å²) in [5.74, 6) is 0.265. The molecule has 0 unspecified atom stereocenters. The molecule has 1 aliphatic carbocycles. The van der Waals surface area contributed by atoms with Gasteiger partial charge in [0.05, 0.1) is 17.6 Å². The number of hydrogen-bond donors (Lipinski definition) is 0. The lowest BCUT2D eigenvalue weighted by molar-refractivity contribution is -0.132. The number of rotatable bonds is 4. The van der Waals surface area contributed by atoms with E-state index in [1.807, 2.05) is 10.4 Å². The van der Waals surface area contributed by atoms with Gasteiger partial charge in [0.15, 0.2) is 0 Å². The Labute approximate surface area is 147 Å². The number of hydrogen-bond acceptors (Lipinski definition) is 4. The largest absolute Gasteiger partial charge is 0.340 e. The summed E-state index contributed by atoms with van der Waals surface area (Å²) in [4.78, 5) is 21.3. The number of carbonyl (C=O) groups is 1. The molecule has 1 aromatic heterocycles. The van der Waals surface area contributed by atoms with E-state index < -0.39 is 0 Å². The van der Waals surface area contributed by atoms with Crippen LogP contribution >= 0.6 is 11.3 Å². The van der Waals surface area contributed by atoms with E-state index >= 15 is 0 Å². The van der Waals surface area contributed by atoms with Crippen LogP contribution in [0, 0.1) is 0 Å². The van der Waals surface area contributed by atoms with Gasteiger partial charge in [0.2, 0.25) is 5.91 Å². The zero-order valence-electron chi connectivity index (χ0n) is 13.9. The molecule has 1 saturated heterocycles. The molecular formula is C19H23N3OS. The van der Waals surface area contributed by atoms with Crippen molar-refractivity contribution in [1.82, 2.24) is 14.8 Å².